The second-order valence-electron chi connectivity index (χ2n) is 7.27. The molecular formula is C18H27N5O. The molecule has 1 aromatic rings. The number of carbonyl (C=O) groups excluding carboxylic acids is 1. The fourth-order valence-electron chi connectivity index (χ4n) is 4.14. The lowest BCUT2D eigenvalue weighted by molar-refractivity contribution is -0.139. The van der Waals surface area contributed by atoms with Gasteiger partial charge in [-0.25, -0.2) is 4.98 Å². The molecular weight excluding hydrogens is 302 g/mol. The number of hydrogen-bond acceptors (Lipinski definition) is 5. The van der Waals surface area contributed by atoms with Gasteiger partial charge in [-0.3, -0.25) is 14.7 Å². The van der Waals surface area contributed by atoms with E-state index < -0.39 is 0 Å². The molecule has 0 bridgehead atoms. The molecule has 6 heteroatoms. The molecule has 2 saturated heterocycles. The first-order valence-electron chi connectivity index (χ1n) is 9.35. The topological polar surface area (TPSA) is 52.6 Å². The zero-order valence-corrected chi connectivity index (χ0v) is 14.3. The Kier molecular flexibility index (Phi) is 4.65. The summed E-state index contributed by atoms with van der Waals surface area (Å²) in [5.41, 5.74) is 0. The van der Waals surface area contributed by atoms with Crippen LogP contribution < -0.4 is 4.90 Å². The Morgan fingerprint density at radius 3 is 2.29 bits per heavy atom. The first-order chi connectivity index (χ1) is 11.8. The monoisotopic (exact) mass is 329 g/mol. The Labute approximate surface area is 143 Å². The Balaban J connectivity index is 1.24. The minimum absolute atomic E-state index is 0.345. The van der Waals surface area contributed by atoms with Gasteiger partial charge < -0.3 is 9.80 Å². The molecule has 0 radical (unpaired) electrons. The predicted molar refractivity (Wildman–Crippen MR) is 92.8 cm³/mol. The molecule has 3 aliphatic rings. The number of amides is 1. The second-order valence-corrected chi connectivity index (χ2v) is 7.27. The van der Waals surface area contributed by atoms with E-state index in [0.717, 1.165) is 70.8 Å². The molecule has 4 rings (SSSR count). The molecule has 6 nitrogen and oxygen atoms in total. The number of aromatic nitrogens is 2. The minimum Gasteiger partial charge on any atom is -0.353 e. The maximum absolute atomic E-state index is 12.4. The van der Waals surface area contributed by atoms with E-state index in [1.807, 2.05) is 6.20 Å². The maximum Gasteiger partial charge on any atom is 0.225 e. The molecule has 0 atom stereocenters. The highest BCUT2D eigenvalue weighted by molar-refractivity contribution is 5.79. The van der Waals surface area contributed by atoms with Crippen molar-refractivity contribution >= 4 is 11.7 Å². The molecule has 0 aromatic carbocycles. The number of anilines is 1. The van der Waals surface area contributed by atoms with Crippen molar-refractivity contribution < 1.29 is 4.79 Å². The largest absolute Gasteiger partial charge is 0.353 e. The van der Waals surface area contributed by atoms with E-state index in [2.05, 4.69) is 24.7 Å². The normalized spacial score (nSPS) is 24.0. The highest BCUT2D eigenvalue weighted by Gasteiger charge is 2.33. The van der Waals surface area contributed by atoms with Gasteiger partial charge in [-0.15, -0.1) is 0 Å². The smallest absolute Gasteiger partial charge is 0.225 e. The highest BCUT2D eigenvalue weighted by atomic mass is 16.2. The molecule has 130 valence electrons. The summed E-state index contributed by atoms with van der Waals surface area (Å²) >= 11 is 0. The Hall–Kier alpha value is -1.69. The molecule has 0 spiro atoms. The van der Waals surface area contributed by atoms with E-state index >= 15 is 0 Å². The number of likely N-dealkylation sites (tertiary alicyclic amines) is 1. The lowest BCUT2D eigenvalue weighted by Crippen LogP contribution is -2.54. The third kappa shape index (κ3) is 3.24. The summed E-state index contributed by atoms with van der Waals surface area (Å²) in [5, 5.41) is 0. The fourth-order valence-corrected chi connectivity index (χ4v) is 4.14. The number of hydrogen-bond donors (Lipinski definition) is 0. The van der Waals surface area contributed by atoms with Crippen molar-refractivity contribution in [1.29, 1.82) is 0 Å². The van der Waals surface area contributed by atoms with Crippen LogP contribution >= 0.6 is 0 Å². The highest BCUT2D eigenvalue weighted by Crippen LogP contribution is 2.30. The summed E-state index contributed by atoms with van der Waals surface area (Å²) in [7, 11) is 0. The Morgan fingerprint density at radius 2 is 1.71 bits per heavy atom. The molecule has 3 fully saturated rings. The van der Waals surface area contributed by atoms with Crippen molar-refractivity contribution in [3.8, 4) is 0 Å². The molecule has 2 aliphatic heterocycles. The van der Waals surface area contributed by atoms with Crippen LogP contribution in [0.15, 0.2) is 18.6 Å². The van der Waals surface area contributed by atoms with E-state index in [9.17, 15) is 4.79 Å². The van der Waals surface area contributed by atoms with Gasteiger partial charge in [0.15, 0.2) is 0 Å². The number of carbonyl (C=O) groups is 1. The van der Waals surface area contributed by atoms with Gasteiger partial charge in [-0.1, -0.05) is 6.42 Å². The van der Waals surface area contributed by atoms with E-state index in [-0.39, 0.29) is 0 Å². The van der Waals surface area contributed by atoms with Crippen LogP contribution in [0.3, 0.4) is 0 Å². The first-order valence-corrected chi connectivity index (χ1v) is 9.35. The Bertz CT molecular complexity index is 546. The summed E-state index contributed by atoms with van der Waals surface area (Å²) in [6, 6.07) is 0.638. The van der Waals surface area contributed by atoms with Gasteiger partial charge in [-0.05, 0) is 25.7 Å². The van der Waals surface area contributed by atoms with Crippen molar-refractivity contribution in [3.05, 3.63) is 18.6 Å². The summed E-state index contributed by atoms with van der Waals surface area (Å²) < 4.78 is 0. The van der Waals surface area contributed by atoms with Crippen LogP contribution in [0.5, 0.6) is 0 Å². The average molecular weight is 329 g/mol. The van der Waals surface area contributed by atoms with Gasteiger partial charge in [0.25, 0.3) is 0 Å². The SMILES string of the molecule is O=C(C1CCC1)N1CCC(N2CCN(c3cnccn3)CC2)CC1. The molecule has 1 amide bonds. The third-order valence-corrected chi connectivity index (χ3v) is 5.93. The molecule has 1 aliphatic carbocycles. The van der Waals surface area contributed by atoms with E-state index in [1.165, 1.54) is 6.42 Å². The summed E-state index contributed by atoms with van der Waals surface area (Å²) in [5.74, 6) is 1.75. The second kappa shape index (κ2) is 7.05. The van der Waals surface area contributed by atoms with E-state index in [0.29, 0.717) is 17.9 Å². The molecule has 0 N–H and O–H groups in total. The molecule has 1 aromatic heterocycles. The van der Waals surface area contributed by atoms with Crippen LogP contribution in [0, 0.1) is 5.92 Å². The Morgan fingerprint density at radius 1 is 0.958 bits per heavy atom. The number of rotatable bonds is 3. The van der Waals surface area contributed by atoms with Gasteiger partial charge in [-0.2, -0.15) is 0 Å². The molecule has 1 saturated carbocycles. The summed E-state index contributed by atoms with van der Waals surface area (Å²) in [4.78, 5) is 28.0. The van der Waals surface area contributed by atoms with Crippen LogP contribution in [-0.2, 0) is 4.79 Å². The van der Waals surface area contributed by atoms with Gasteiger partial charge in [0.2, 0.25) is 5.91 Å². The van der Waals surface area contributed by atoms with Crippen molar-refractivity contribution in [2.24, 2.45) is 5.92 Å². The standard InChI is InChI=1S/C18H27N5O/c24-18(15-2-1-3-15)23-8-4-16(5-9-23)21-10-12-22(13-11-21)17-14-19-6-7-20-17/h6-7,14-16H,1-5,8-13H2. The van der Waals surface area contributed by atoms with E-state index in [4.69, 9.17) is 0 Å². The van der Waals surface area contributed by atoms with Crippen LogP contribution in [0.4, 0.5) is 5.82 Å². The van der Waals surface area contributed by atoms with Gasteiger partial charge in [0.1, 0.15) is 5.82 Å². The summed E-state index contributed by atoms with van der Waals surface area (Å²) in [6.07, 6.45) is 11.1. The third-order valence-electron chi connectivity index (χ3n) is 5.93. The van der Waals surface area contributed by atoms with Crippen molar-refractivity contribution in [3.63, 3.8) is 0 Å². The number of piperazine rings is 1. The van der Waals surface area contributed by atoms with Gasteiger partial charge in [0.05, 0.1) is 6.20 Å². The van der Waals surface area contributed by atoms with Crippen molar-refractivity contribution in [1.82, 2.24) is 19.8 Å². The maximum atomic E-state index is 12.4. The van der Waals surface area contributed by atoms with E-state index in [1.54, 1.807) is 12.4 Å². The number of nitrogens with zero attached hydrogens (tertiary/aromatic N) is 5. The van der Waals surface area contributed by atoms with Crippen molar-refractivity contribution in [2.45, 2.75) is 38.1 Å². The quantitative estimate of drug-likeness (QED) is 0.839. The van der Waals surface area contributed by atoms with Crippen LogP contribution in [0.2, 0.25) is 0 Å². The van der Waals surface area contributed by atoms with Crippen molar-refractivity contribution in [2.75, 3.05) is 44.2 Å². The van der Waals surface area contributed by atoms with Crippen LogP contribution in [0.1, 0.15) is 32.1 Å². The van der Waals surface area contributed by atoms with Crippen LogP contribution in [0.25, 0.3) is 0 Å². The minimum atomic E-state index is 0.345. The lowest BCUT2D eigenvalue weighted by Gasteiger charge is -2.43. The first kappa shape index (κ1) is 15.8. The molecule has 0 unspecified atom stereocenters. The van der Waals surface area contributed by atoms with Gasteiger partial charge in [0, 0.05) is 63.6 Å². The average Bonchev–Trinajstić information content (AvgIpc) is 2.61. The molecule has 3 heterocycles. The fraction of sp³-hybridized carbons (Fsp3) is 0.722. The lowest BCUT2D eigenvalue weighted by atomic mass is 9.84. The zero-order chi connectivity index (χ0) is 16.4. The summed E-state index contributed by atoms with van der Waals surface area (Å²) in [6.45, 7) is 6.09. The zero-order valence-electron chi connectivity index (χ0n) is 14.3. The predicted octanol–water partition coefficient (Wildman–Crippen LogP) is 1.39. The molecule has 24 heavy (non-hydrogen) atoms. The number of piperidine rings is 1. The van der Waals surface area contributed by atoms with Crippen LogP contribution in [-0.4, -0.2) is 71.0 Å². The van der Waals surface area contributed by atoms with Gasteiger partial charge >= 0.3 is 0 Å².